The van der Waals surface area contributed by atoms with E-state index >= 15 is 0 Å². The molecule has 0 heterocycles. The molecule has 5 nitrogen and oxygen atoms in total. The minimum atomic E-state index is -1.34. The van der Waals surface area contributed by atoms with E-state index in [2.05, 4.69) is 15.9 Å². The van der Waals surface area contributed by atoms with Crippen LogP contribution in [0.4, 0.5) is 5.69 Å². The average Bonchev–Trinajstić information content (AvgIpc) is 2.53. The van der Waals surface area contributed by atoms with Gasteiger partial charge in [-0.05, 0) is 30.3 Å². The van der Waals surface area contributed by atoms with E-state index in [1.807, 2.05) is 0 Å². The van der Waals surface area contributed by atoms with Crippen LogP contribution in [0, 0.1) is 10.1 Å². The van der Waals surface area contributed by atoms with E-state index in [0.717, 1.165) is 0 Å². The van der Waals surface area contributed by atoms with Crippen molar-refractivity contribution in [1.29, 1.82) is 0 Å². The summed E-state index contributed by atoms with van der Waals surface area (Å²) in [4.78, 5) is 21.7. The molecule has 0 aliphatic carbocycles. The van der Waals surface area contributed by atoms with Gasteiger partial charge in [0.15, 0.2) is 5.78 Å². The van der Waals surface area contributed by atoms with Gasteiger partial charge in [0, 0.05) is 16.7 Å². The van der Waals surface area contributed by atoms with Gasteiger partial charge in [0.1, 0.15) is 10.9 Å². The highest BCUT2D eigenvalue weighted by Crippen LogP contribution is 2.31. The molecule has 0 amide bonds. The fraction of sp³-hybridized carbons (Fsp3) is 0.133. The molecule has 2 aromatic carbocycles. The molecular formula is C15H11BrClNO4. The molecule has 0 aliphatic heterocycles. The number of rotatable bonds is 5. The summed E-state index contributed by atoms with van der Waals surface area (Å²) >= 11 is 8.89. The van der Waals surface area contributed by atoms with Crippen molar-refractivity contribution < 1.29 is 14.8 Å². The van der Waals surface area contributed by atoms with Crippen LogP contribution in [0.3, 0.4) is 0 Å². The predicted octanol–water partition coefficient (Wildman–Crippen LogP) is 3.93. The minimum absolute atomic E-state index is 0.0803. The molecule has 0 aliphatic rings. The predicted molar refractivity (Wildman–Crippen MR) is 86.6 cm³/mol. The average molecular weight is 385 g/mol. The summed E-state index contributed by atoms with van der Waals surface area (Å²) in [6.07, 6.45) is -1.34. The highest BCUT2D eigenvalue weighted by Gasteiger charge is 2.30. The molecule has 2 aromatic rings. The molecule has 2 rings (SSSR count). The Kier molecular flexibility index (Phi) is 5.28. The van der Waals surface area contributed by atoms with Gasteiger partial charge in [-0.3, -0.25) is 14.9 Å². The van der Waals surface area contributed by atoms with Crippen LogP contribution in [0.25, 0.3) is 0 Å². The third kappa shape index (κ3) is 3.52. The van der Waals surface area contributed by atoms with Crippen molar-refractivity contribution in [2.24, 2.45) is 0 Å². The number of Topliss-reactive ketones (excluding diaryl/α,β-unsaturated/α-hetero) is 1. The Bertz CT molecular complexity index is 705. The Labute approximate surface area is 139 Å². The molecule has 0 saturated carbocycles. The number of carbonyl (C=O) groups excluding carboxylic acids is 1. The number of nitro groups is 1. The number of hydrogen-bond acceptors (Lipinski definition) is 4. The molecule has 0 spiro atoms. The van der Waals surface area contributed by atoms with E-state index in [9.17, 15) is 20.0 Å². The van der Waals surface area contributed by atoms with Crippen LogP contribution >= 0.6 is 27.5 Å². The van der Waals surface area contributed by atoms with Gasteiger partial charge >= 0.3 is 0 Å². The maximum atomic E-state index is 12.3. The van der Waals surface area contributed by atoms with E-state index in [1.165, 1.54) is 30.3 Å². The monoisotopic (exact) mass is 383 g/mol. The summed E-state index contributed by atoms with van der Waals surface area (Å²) in [5.41, 5.74) is 0.198. The maximum Gasteiger partial charge on any atom is 0.275 e. The SMILES string of the molecule is O=C(c1ccc(Cl)cc1)[C@@H](Br)[C@@H](O)c1ccccc1[N+](=O)[O-]. The van der Waals surface area contributed by atoms with Gasteiger partial charge in [-0.2, -0.15) is 0 Å². The number of aliphatic hydroxyl groups excluding tert-OH is 1. The molecule has 22 heavy (non-hydrogen) atoms. The Balaban J connectivity index is 2.29. The number of ketones is 1. The van der Waals surface area contributed by atoms with Crippen molar-refractivity contribution in [2.45, 2.75) is 10.9 Å². The van der Waals surface area contributed by atoms with Crippen LogP contribution in [-0.2, 0) is 0 Å². The molecular weight excluding hydrogens is 374 g/mol. The van der Waals surface area contributed by atoms with Crippen molar-refractivity contribution in [3.63, 3.8) is 0 Å². The largest absolute Gasteiger partial charge is 0.386 e. The second-order valence-corrected chi connectivity index (χ2v) is 5.96. The van der Waals surface area contributed by atoms with Crippen molar-refractivity contribution in [2.75, 3.05) is 0 Å². The standard InChI is InChI=1S/C15H11BrClNO4/c16-13(14(19)9-5-7-10(17)8-6-9)15(20)11-3-1-2-4-12(11)18(21)22/h1-8,13,15,20H/t13-,15+/m1/s1. The van der Waals surface area contributed by atoms with Gasteiger partial charge in [-0.1, -0.05) is 39.7 Å². The molecule has 1 N–H and O–H groups in total. The number of para-hydroxylation sites is 1. The van der Waals surface area contributed by atoms with Crippen molar-refractivity contribution in [3.05, 3.63) is 74.8 Å². The summed E-state index contributed by atoms with van der Waals surface area (Å²) < 4.78 is 0. The van der Waals surface area contributed by atoms with Crippen molar-refractivity contribution >= 4 is 39.0 Å². The van der Waals surface area contributed by atoms with E-state index < -0.39 is 15.9 Å². The van der Waals surface area contributed by atoms with Gasteiger partial charge in [0.2, 0.25) is 0 Å². The molecule has 2 atom stereocenters. The third-order valence-electron chi connectivity index (χ3n) is 3.11. The second-order valence-electron chi connectivity index (χ2n) is 4.53. The number of carbonyl (C=O) groups is 1. The van der Waals surface area contributed by atoms with Crippen molar-refractivity contribution in [1.82, 2.24) is 0 Å². The number of alkyl halides is 1. The fourth-order valence-electron chi connectivity index (χ4n) is 1.98. The first-order valence-corrected chi connectivity index (χ1v) is 7.56. The zero-order valence-corrected chi connectivity index (χ0v) is 13.5. The normalized spacial score (nSPS) is 13.4. The summed E-state index contributed by atoms with van der Waals surface area (Å²) in [7, 11) is 0. The van der Waals surface area contributed by atoms with Crippen molar-refractivity contribution in [3.8, 4) is 0 Å². The molecule has 0 fully saturated rings. The molecule has 0 unspecified atom stereocenters. The molecule has 0 aromatic heterocycles. The number of nitro benzene ring substituents is 1. The van der Waals surface area contributed by atoms with Crippen LogP contribution in [0.5, 0.6) is 0 Å². The van der Waals surface area contributed by atoms with Gasteiger partial charge in [0.05, 0.1) is 10.5 Å². The number of nitrogens with zero attached hydrogens (tertiary/aromatic N) is 1. The number of benzene rings is 2. The van der Waals surface area contributed by atoms with E-state index in [0.29, 0.717) is 10.6 Å². The van der Waals surface area contributed by atoms with Gasteiger partial charge in [-0.25, -0.2) is 0 Å². The van der Waals surface area contributed by atoms with Crippen LogP contribution in [0.2, 0.25) is 5.02 Å². The molecule has 0 saturated heterocycles. The van der Waals surface area contributed by atoms with E-state index in [4.69, 9.17) is 11.6 Å². The zero-order valence-electron chi connectivity index (χ0n) is 11.1. The lowest BCUT2D eigenvalue weighted by Crippen LogP contribution is -2.23. The molecule has 0 radical (unpaired) electrons. The second kappa shape index (κ2) is 7.00. The topological polar surface area (TPSA) is 80.4 Å². The van der Waals surface area contributed by atoms with E-state index in [-0.39, 0.29) is 17.0 Å². The summed E-state index contributed by atoms with van der Waals surface area (Å²) in [5, 5.41) is 21.8. The van der Waals surface area contributed by atoms with Crippen LogP contribution in [-0.4, -0.2) is 20.6 Å². The Morgan fingerprint density at radius 2 is 1.77 bits per heavy atom. The summed E-state index contributed by atoms with van der Waals surface area (Å²) in [5.74, 6) is -0.387. The lowest BCUT2D eigenvalue weighted by molar-refractivity contribution is -0.386. The van der Waals surface area contributed by atoms with Crippen LogP contribution < -0.4 is 0 Å². The fourth-order valence-corrected chi connectivity index (χ4v) is 2.65. The zero-order chi connectivity index (χ0) is 16.3. The van der Waals surface area contributed by atoms with Gasteiger partial charge < -0.3 is 5.11 Å². The summed E-state index contributed by atoms with van der Waals surface area (Å²) in [6.45, 7) is 0. The number of aliphatic hydroxyl groups is 1. The lowest BCUT2D eigenvalue weighted by Gasteiger charge is -2.16. The first kappa shape index (κ1) is 16.6. The van der Waals surface area contributed by atoms with Gasteiger partial charge in [-0.15, -0.1) is 0 Å². The highest BCUT2D eigenvalue weighted by molar-refractivity contribution is 9.10. The number of hydrogen-bond donors (Lipinski definition) is 1. The lowest BCUT2D eigenvalue weighted by atomic mass is 9.99. The quantitative estimate of drug-likeness (QED) is 0.366. The Morgan fingerprint density at radius 1 is 1.18 bits per heavy atom. The molecule has 0 bridgehead atoms. The highest BCUT2D eigenvalue weighted by atomic mass is 79.9. The number of halogens is 2. The first-order chi connectivity index (χ1) is 10.4. The third-order valence-corrected chi connectivity index (χ3v) is 4.28. The Hall–Kier alpha value is -1.76. The summed E-state index contributed by atoms with van der Waals surface area (Å²) in [6, 6.07) is 12.0. The first-order valence-electron chi connectivity index (χ1n) is 6.27. The Morgan fingerprint density at radius 3 is 2.36 bits per heavy atom. The smallest absolute Gasteiger partial charge is 0.275 e. The maximum absolute atomic E-state index is 12.3. The van der Waals surface area contributed by atoms with Gasteiger partial charge in [0.25, 0.3) is 5.69 Å². The minimum Gasteiger partial charge on any atom is -0.386 e. The molecule has 114 valence electrons. The van der Waals surface area contributed by atoms with Crippen LogP contribution in [0.15, 0.2) is 48.5 Å². The van der Waals surface area contributed by atoms with Crippen LogP contribution in [0.1, 0.15) is 22.0 Å². The molecule has 7 heteroatoms. The van der Waals surface area contributed by atoms with E-state index in [1.54, 1.807) is 18.2 Å².